The molecule has 0 radical (unpaired) electrons. The van der Waals surface area contributed by atoms with Crippen LogP contribution in [0.3, 0.4) is 0 Å². The van der Waals surface area contributed by atoms with Crippen molar-refractivity contribution in [1.29, 1.82) is 0 Å². The summed E-state index contributed by atoms with van der Waals surface area (Å²) in [5.74, 6) is 2.28. The Bertz CT molecular complexity index is 845. The molecule has 0 saturated heterocycles. The van der Waals surface area contributed by atoms with Gasteiger partial charge in [-0.3, -0.25) is 0 Å². The second kappa shape index (κ2) is 8.13. The van der Waals surface area contributed by atoms with Crippen LogP contribution in [0.2, 0.25) is 10.0 Å². The molecule has 0 bridgehead atoms. The lowest BCUT2D eigenvalue weighted by Crippen LogP contribution is -1.96. The van der Waals surface area contributed by atoms with E-state index in [1.54, 1.807) is 11.8 Å². The number of benzene rings is 2. The molecule has 0 aliphatic heterocycles. The van der Waals surface area contributed by atoms with Gasteiger partial charge in [-0.25, -0.2) is 0 Å². The van der Waals surface area contributed by atoms with Crippen molar-refractivity contribution in [3.8, 4) is 17.1 Å². The van der Waals surface area contributed by atoms with Gasteiger partial charge in [-0.15, -0.1) is 10.2 Å². The third-order valence-corrected chi connectivity index (χ3v) is 5.42. The van der Waals surface area contributed by atoms with Gasteiger partial charge in [0.1, 0.15) is 5.75 Å². The van der Waals surface area contributed by atoms with E-state index in [9.17, 15) is 0 Å². The van der Waals surface area contributed by atoms with Crippen molar-refractivity contribution >= 4 is 35.0 Å². The molecular formula is C18H17Cl2N3OS. The molecule has 25 heavy (non-hydrogen) atoms. The van der Waals surface area contributed by atoms with E-state index in [0.29, 0.717) is 22.4 Å². The second-order valence-electron chi connectivity index (χ2n) is 5.31. The lowest BCUT2D eigenvalue weighted by atomic mass is 10.2. The monoisotopic (exact) mass is 393 g/mol. The van der Waals surface area contributed by atoms with Crippen molar-refractivity contribution in [2.45, 2.75) is 17.8 Å². The van der Waals surface area contributed by atoms with Crippen LogP contribution in [0.15, 0.2) is 47.6 Å². The van der Waals surface area contributed by atoms with Crippen LogP contribution < -0.4 is 4.74 Å². The number of rotatable bonds is 6. The quantitative estimate of drug-likeness (QED) is 0.519. The minimum Gasteiger partial charge on any atom is -0.494 e. The first-order chi connectivity index (χ1) is 12.1. The molecule has 0 N–H and O–H groups in total. The maximum atomic E-state index is 6.22. The van der Waals surface area contributed by atoms with E-state index in [1.165, 1.54) is 0 Å². The first kappa shape index (κ1) is 18.1. The zero-order valence-corrected chi connectivity index (χ0v) is 16.2. The van der Waals surface area contributed by atoms with Crippen molar-refractivity contribution in [2.24, 2.45) is 7.05 Å². The van der Waals surface area contributed by atoms with Crippen LogP contribution in [-0.2, 0) is 12.8 Å². The van der Waals surface area contributed by atoms with Gasteiger partial charge in [0.05, 0.1) is 6.61 Å². The first-order valence-electron chi connectivity index (χ1n) is 7.78. The van der Waals surface area contributed by atoms with Gasteiger partial charge < -0.3 is 9.30 Å². The lowest BCUT2D eigenvalue weighted by molar-refractivity contribution is 0.340. The summed E-state index contributed by atoms with van der Waals surface area (Å²) >= 11 is 14.0. The molecule has 0 unspecified atom stereocenters. The highest BCUT2D eigenvalue weighted by Crippen LogP contribution is 2.32. The molecule has 3 rings (SSSR count). The van der Waals surface area contributed by atoms with Gasteiger partial charge in [0.2, 0.25) is 0 Å². The average molecular weight is 394 g/mol. The van der Waals surface area contributed by atoms with Crippen LogP contribution in [0.25, 0.3) is 11.4 Å². The molecule has 4 nitrogen and oxygen atoms in total. The highest BCUT2D eigenvalue weighted by Gasteiger charge is 2.13. The summed E-state index contributed by atoms with van der Waals surface area (Å²) < 4.78 is 7.43. The third kappa shape index (κ3) is 4.11. The lowest BCUT2D eigenvalue weighted by Gasteiger charge is -2.07. The van der Waals surface area contributed by atoms with E-state index in [2.05, 4.69) is 10.2 Å². The maximum absolute atomic E-state index is 6.22. The Balaban J connectivity index is 1.77. The normalized spacial score (nSPS) is 10.9. The molecule has 0 atom stereocenters. The van der Waals surface area contributed by atoms with Gasteiger partial charge in [-0.1, -0.05) is 41.0 Å². The summed E-state index contributed by atoms with van der Waals surface area (Å²) in [7, 11) is 1.95. The van der Waals surface area contributed by atoms with Crippen LogP contribution in [0, 0.1) is 0 Å². The number of hydrogen-bond donors (Lipinski definition) is 0. The van der Waals surface area contributed by atoms with Crippen LogP contribution in [-0.4, -0.2) is 21.4 Å². The first-order valence-corrected chi connectivity index (χ1v) is 9.52. The summed E-state index contributed by atoms with van der Waals surface area (Å²) in [6.45, 7) is 2.61. The molecule has 130 valence electrons. The fourth-order valence-corrected chi connectivity index (χ4v) is 4.02. The fourth-order valence-electron chi connectivity index (χ4n) is 2.37. The minimum atomic E-state index is 0.633. The SMILES string of the molecule is CCOc1ccc(-c2nnc(SCc3c(Cl)cccc3Cl)n2C)cc1. The third-order valence-electron chi connectivity index (χ3n) is 3.67. The van der Waals surface area contributed by atoms with Crippen LogP contribution >= 0.6 is 35.0 Å². The Morgan fingerprint density at radius 3 is 2.36 bits per heavy atom. The second-order valence-corrected chi connectivity index (χ2v) is 7.07. The molecule has 2 aromatic carbocycles. The number of nitrogens with zero attached hydrogens (tertiary/aromatic N) is 3. The summed E-state index contributed by atoms with van der Waals surface area (Å²) in [5, 5.41) is 10.7. The Morgan fingerprint density at radius 1 is 1.04 bits per heavy atom. The molecule has 1 aromatic heterocycles. The van der Waals surface area contributed by atoms with E-state index in [1.807, 2.05) is 61.0 Å². The minimum absolute atomic E-state index is 0.633. The number of hydrogen-bond acceptors (Lipinski definition) is 4. The molecule has 0 spiro atoms. The van der Waals surface area contributed by atoms with Crippen molar-refractivity contribution in [3.63, 3.8) is 0 Å². The highest BCUT2D eigenvalue weighted by atomic mass is 35.5. The largest absolute Gasteiger partial charge is 0.494 e. The summed E-state index contributed by atoms with van der Waals surface area (Å²) in [6.07, 6.45) is 0. The molecule has 0 fully saturated rings. The Labute approximate surface area is 161 Å². The standard InChI is InChI=1S/C18H17Cl2N3OS/c1-3-24-13-9-7-12(8-10-13)17-21-22-18(23(17)2)25-11-14-15(19)5-4-6-16(14)20/h4-10H,3,11H2,1-2H3. The van der Waals surface area contributed by atoms with Gasteiger partial charge in [-0.2, -0.15) is 0 Å². The molecular weight excluding hydrogens is 377 g/mol. The predicted octanol–water partition coefficient (Wildman–Crippen LogP) is 5.48. The van der Waals surface area contributed by atoms with Crippen LogP contribution in [0.5, 0.6) is 5.75 Å². The maximum Gasteiger partial charge on any atom is 0.191 e. The fraction of sp³-hybridized carbons (Fsp3) is 0.222. The summed E-state index contributed by atoms with van der Waals surface area (Å²) in [6, 6.07) is 13.3. The topological polar surface area (TPSA) is 39.9 Å². The van der Waals surface area contributed by atoms with E-state index < -0.39 is 0 Å². The molecule has 1 heterocycles. The number of thioether (sulfide) groups is 1. The highest BCUT2D eigenvalue weighted by molar-refractivity contribution is 7.98. The summed E-state index contributed by atoms with van der Waals surface area (Å²) in [4.78, 5) is 0. The number of aromatic nitrogens is 3. The predicted molar refractivity (Wildman–Crippen MR) is 104 cm³/mol. The zero-order valence-electron chi connectivity index (χ0n) is 13.9. The molecule has 0 saturated carbocycles. The average Bonchev–Trinajstić information content (AvgIpc) is 2.96. The molecule has 7 heteroatoms. The van der Waals surface area contributed by atoms with E-state index >= 15 is 0 Å². The molecule has 0 amide bonds. The Hall–Kier alpha value is -1.69. The van der Waals surface area contributed by atoms with E-state index in [4.69, 9.17) is 27.9 Å². The Kier molecular flexibility index (Phi) is 5.89. The van der Waals surface area contributed by atoms with Crippen molar-refractivity contribution in [2.75, 3.05) is 6.61 Å². The van der Waals surface area contributed by atoms with E-state index in [0.717, 1.165) is 27.9 Å². The zero-order chi connectivity index (χ0) is 17.8. The van der Waals surface area contributed by atoms with E-state index in [-0.39, 0.29) is 0 Å². The smallest absolute Gasteiger partial charge is 0.191 e. The number of halogens is 2. The van der Waals surface area contributed by atoms with Gasteiger partial charge >= 0.3 is 0 Å². The molecule has 3 aromatic rings. The molecule has 0 aliphatic rings. The van der Waals surface area contributed by atoms with Gasteiger partial charge in [0.15, 0.2) is 11.0 Å². The molecule has 0 aliphatic carbocycles. The van der Waals surface area contributed by atoms with Crippen molar-refractivity contribution in [1.82, 2.24) is 14.8 Å². The van der Waals surface area contributed by atoms with Gasteiger partial charge in [-0.05, 0) is 48.9 Å². The van der Waals surface area contributed by atoms with Crippen LogP contribution in [0.1, 0.15) is 12.5 Å². The Morgan fingerprint density at radius 2 is 1.72 bits per heavy atom. The van der Waals surface area contributed by atoms with Gasteiger partial charge in [0.25, 0.3) is 0 Å². The number of ether oxygens (including phenoxy) is 1. The summed E-state index contributed by atoms with van der Waals surface area (Å²) in [5.41, 5.74) is 1.89. The van der Waals surface area contributed by atoms with Crippen molar-refractivity contribution < 1.29 is 4.74 Å². The van der Waals surface area contributed by atoms with Gasteiger partial charge in [0, 0.05) is 28.4 Å². The van der Waals surface area contributed by atoms with Crippen LogP contribution in [0.4, 0.5) is 0 Å². The van der Waals surface area contributed by atoms with Crippen molar-refractivity contribution in [3.05, 3.63) is 58.1 Å².